The Morgan fingerprint density at radius 2 is 2.24 bits per heavy atom. The van der Waals surface area contributed by atoms with Crippen molar-refractivity contribution in [2.24, 2.45) is 0 Å². The van der Waals surface area contributed by atoms with Crippen molar-refractivity contribution in [2.75, 3.05) is 18.6 Å². The summed E-state index contributed by atoms with van der Waals surface area (Å²) >= 11 is 0. The van der Waals surface area contributed by atoms with E-state index in [2.05, 4.69) is 0 Å². The minimum Gasteiger partial charge on any atom is -0.495 e. The number of carbonyl (C=O) groups is 2. The van der Waals surface area contributed by atoms with E-state index in [9.17, 15) is 9.59 Å². The first-order valence-corrected chi connectivity index (χ1v) is 5.69. The first-order chi connectivity index (χ1) is 8.19. The number of carbonyl (C=O) groups excluding carboxylic acids is 2. The molecule has 4 heteroatoms. The van der Waals surface area contributed by atoms with Crippen LogP contribution in [-0.2, 0) is 4.79 Å². The summed E-state index contributed by atoms with van der Waals surface area (Å²) in [4.78, 5) is 25.3. The number of methoxy groups -OCH3 is 1. The maximum atomic E-state index is 11.9. The van der Waals surface area contributed by atoms with Gasteiger partial charge in [-0.05, 0) is 12.1 Å². The summed E-state index contributed by atoms with van der Waals surface area (Å²) in [5.41, 5.74) is 1.20. The summed E-state index contributed by atoms with van der Waals surface area (Å²) < 4.78 is 5.24. The van der Waals surface area contributed by atoms with Crippen molar-refractivity contribution in [3.8, 4) is 5.75 Å². The van der Waals surface area contributed by atoms with Crippen LogP contribution < -0.4 is 9.64 Å². The lowest BCUT2D eigenvalue weighted by Crippen LogP contribution is -2.37. The third-order valence-electron chi connectivity index (χ3n) is 2.96. The molecule has 0 atom stereocenters. The van der Waals surface area contributed by atoms with E-state index in [1.807, 2.05) is 6.92 Å². The average Bonchev–Trinajstić information content (AvgIpc) is 2.38. The fourth-order valence-corrected chi connectivity index (χ4v) is 2.09. The van der Waals surface area contributed by atoms with Crippen LogP contribution in [0.2, 0.25) is 0 Å². The smallest absolute Gasteiger partial charge is 0.226 e. The number of anilines is 1. The number of amides is 1. The molecular formula is C13H15NO3. The van der Waals surface area contributed by atoms with Gasteiger partial charge in [0.05, 0.1) is 12.8 Å². The van der Waals surface area contributed by atoms with E-state index < -0.39 is 0 Å². The number of rotatable bonds is 2. The van der Waals surface area contributed by atoms with Crippen molar-refractivity contribution in [1.82, 2.24) is 0 Å². The molecular weight excluding hydrogens is 218 g/mol. The van der Waals surface area contributed by atoms with Gasteiger partial charge in [0.2, 0.25) is 5.91 Å². The van der Waals surface area contributed by atoms with Crippen LogP contribution in [0.4, 0.5) is 5.69 Å². The van der Waals surface area contributed by atoms with E-state index in [1.165, 1.54) is 0 Å². The lowest BCUT2D eigenvalue weighted by Gasteiger charge is -2.29. The van der Waals surface area contributed by atoms with E-state index in [0.717, 1.165) is 0 Å². The Hall–Kier alpha value is -1.84. The molecule has 1 aliphatic heterocycles. The second-order valence-electron chi connectivity index (χ2n) is 3.93. The predicted octanol–water partition coefficient (Wildman–Crippen LogP) is 2.02. The molecule has 0 aromatic heterocycles. The molecule has 2 rings (SSSR count). The van der Waals surface area contributed by atoms with Crippen LogP contribution in [0.1, 0.15) is 30.1 Å². The van der Waals surface area contributed by atoms with Crippen molar-refractivity contribution < 1.29 is 14.3 Å². The van der Waals surface area contributed by atoms with E-state index >= 15 is 0 Å². The molecule has 0 N–H and O–H groups in total. The Balaban J connectivity index is 2.56. The monoisotopic (exact) mass is 233 g/mol. The summed E-state index contributed by atoms with van der Waals surface area (Å²) in [6, 6.07) is 5.29. The molecule has 0 saturated heterocycles. The highest BCUT2D eigenvalue weighted by Crippen LogP contribution is 2.36. The molecule has 1 aliphatic rings. The van der Waals surface area contributed by atoms with Crippen LogP contribution in [0.15, 0.2) is 18.2 Å². The van der Waals surface area contributed by atoms with Crippen LogP contribution in [-0.4, -0.2) is 25.3 Å². The summed E-state index contributed by atoms with van der Waals surface area (Å²) in [6.07, 6.45) is 0.803. The van der Waals surface area contributed by atoms with Crippen LogP contribution in [0.3, 0.4) is 0 Å². The van der Waals surface area contributed by atoms with Crippen molar-refractivity contribution in [1.29, 1.82) is 0 Å². The minimum atomic E-state index is 0.0169. The number of fused-ring (bicyclic) bond motifs is 1. The second-order valence-corrected chi connectivity index (χ2v) is 3.93. The molecule has 0 spiro atoms. The van der Waals surface area contributed by atoms with Gasteiger partial charge in [-0.3, -0.25) is 9.59 Å². The number of Topliss-reactive ketones (excluding diaryl/α,β-unsaturated/α-hetero) is 1. The number of ketones is 1. The van der Waals surface area contributed by atoms with Crippen LogP contribution in [0.5, 0.6) is 5.75 Å². The number of ether oxygens (including phenoxy) is 1. The third kappa shape index (κ3) is 1.90. The second kappa shape index (κ2) is 4.57. The van der Waals surface area contributed by atoms with E-state index in [4.69, 9.17) is 4.74 Å². The minimum absolute atomic E-state index is 0.0169. The highest BCUT2D eigenvalue weighted by Gasteiger charge is 2.29. The summed E-state index contributed by atoms with van der Waals surface area (Å²) in [7, 11) is 1.54. The molecule has 1 amide bonds. The number of para-hydroxylation sites is 1. The van der Waals surface area contributed by atoms with Gasteiger partial charge in [-0.15, -0.1) is 0 Å². The molecule has 4 nitrogen and oxygen atoms in total. The third-order valence-corrected chi connectivity index (χ3v) is 2.96. The van der Waals surface area contributed by atoms with Gasteiger partial charge in [0, 0.05) is 24.9 Å². The Bertz CT molecular complexity index is 468. The van der Waals surface area contributed by atoms with Gasteiger partial charge in [0.15, 0.2) is 5.78 Å². The lowest BCUT2D eigenvalue weighted by atomic mass is 9.99. The first-order valence-electron chi connectivity index (χ1n) is 5.69. The molecule has 0 bridgehead atoms. The van der Waals surface area contributed by atoms with Crippen molar-refractivity contribution in [3.05, 3.63) is 23.8 Å². The highest BCUT2D eigenvalue weighted by molar-refractivity contribution is 6.10. The molecule has 17 heavy (non-hydrogen) atoms. The lowest BCUT2D eigenvalue weighted by molar-refractivity contribution is -0.118. The molecule has 0 radical (unpaired) electrons. The fraction of sp³-hybridized carbons (Fsp3) is 0.385. The zero-order chi connectivity index (χ0) is 12.4. The number of benzene rings is 1. The molecule has 1 heterocycles. The van der Waals surface area contributed by atoms with Crippen LogP contribution in [0, 0.1) is 0 Å². The van der Waals surface area contributed by atoms with Gasteiger partial charge in [0.1, 0.15) is 5.75 Å². The molecule has 90 valence electrons. The Morgan fingerprint density at radius 3 is 2.88 bits per heavy atom. The van der Waals surface area contributed by atoms with Crippen molar-refractivity contribution >= 4 is 17.4 Å². The van der Waals surface area contributed by atoms with E-state index in [-0.39, 0.29) is 11.7 Å². The maximum Gasteiger partial charge on any atom is 0.226 e. The van der Waals surface area contributed by atoms with Gasteiger partial charge < -0.3 is 9.64 Å². The molecule has 1 aromatic rings. The van der Waals surface area contributed by atoms with Crippen molar-refractivity contribution in [3.63, 3.8) is 0 Å². The Morgan fingerprint density at radius 1 is 1.47 bits per heavy atom. The predicted molar refractivity (Wildman–Crippen MR) is 64.6 cm³/mol. The quantitative estimate of drug-likeness (QED) is 0.785. The average molecular weight is 233 g/mol. The molecule has 0 unspecified atom stereocenters. The first kappa shape index (κ1) is 11.6. The molecule has 1 aromatic carbocycles. The Labute approximate surface area is 100 Å². The van der Waals surface area contributed by atoms with Gasteiger partial charge in [-0.1, -0.05) is 13.0 Å². The zero-order valence-electron chi connectivity index (χ0n) is 10.0. The SMILES string of the molecule is CCC(=O)N1CCC(=O)c2cccc(OC)c21. The standard InChI is InChI=1S/C13H15NO3/c1-3-12(16)14-8-7-10(15)9-5-4-6-11(17-2)13(9)14/h4-6H,3,7-8H2,1-2H3. The van der Waals surface area contributed by atoms with E-state index in [1.54, 1.807) is 30.2 Å². The van der Waals surface area contributed by atoms with E-state index in [0.29, 0.717) is 36.4 Å². The zero-order valence-corrected chi connectivity index (χ0v) is 10.0. The van der Waals surface area contributed by atoms with Gasteiger partial charge in [0.25, 0.3) is 0 Å². The highest BCUT2D eigenvalue weighted by atomic mass is 16.5. The normalized spacial score (nSPS) is 14.5. The van der Waals surface area contributed by atoms with Crippen LogP contribution in [0.25, 0.3) is 0 Å². The molecule has 0 fully saturated rings. The van der Waals surface area contributed by atoms with Crippen LogP contribution >= 0.6 is 0 Å². The topological polar surface area (TPSA) is 46.6 Å². The summed E-state index contributed by atoms with van der Waals surface area (Å²) in [6.45, 7) is 2.26. The van der Waals surface area contributed by atoms with Gasteiger partial charge in [-0.2, -0.15) is 0 Å². The summed E-state index contributed by atoms with van der Waals surface area (Å²) in [5.74, 6) is 0.666. The van der Waals surface area contributed by atoms with Crippen molar-refractivity contribution in [2.45, 2.75) is 19.8 Å². The maximum absolute atomic E-state index is 11.9. The number of hydrogen-bond acceptors (Lipinski definition) is 3. The number of hydrogen-bond donors (Lipinski definition) is 0. The molecule has 0 aliphatic carbocycles. The largest absolute Gasteiger partial charge is 0.495 e. The fourth-order valence-electron chi connectivity index (χ4n) is 2.09. The molecule has 0 saturated carbocycles. The number of nitrogens with zero attached hydrogens (tertiary/aromatic N) is 1. The van der Waals surface area contributed by atoms with Gasteiger partial charge in [-0.25, -0.2) is 0 Å². The summed E-state index contributed by atoms with van der Waals surface area (Å²) in [5, 5.41) is 0. The Kier molecular flexibility index (Phi) is 3.13. The van der Waals surface area contributed by atoms with Gasteiger partial charge >= 0.3 is 0 Å².